The van der Waals surface area contributed by atoms with Crippen molar-refractivity contribution in [3.8, 4) is 0 Å². The van der Waals surface area contributed by atoms with Crippen LogP contribution >= 0.6 is 15.9 Å². The van der Waals surface area contributed by atoms with E-state index in [0.717, 1.165) is 0 Å². The van der Waals surface area contributed by atoms with Crippen molar-refractivity contribution in [3.05, 3.63) is 16.9 Å². The van der Waals surface area contributed by atoms with E-state index in [2.05, 4.69) is 26.2 Å². The molecular weight excluding hydrogens is 375 g/mol. The third-order valence-corrected chi connectivity index (χ3v) is 4.70. The molecule has 1 N–H and O–H groups in total. The summed E-state index contributed by atoms with van der Waals surface area (Å²) in [7, 11) is -0.627. The molecule has 1 aromatic heterocycles. The van der Waals surface area contributed by atoms with Gasteiger partial charge in [0, 0.05) is 16.1 Å². The minimum Gasteiger partial charge on any atom is -0.444 e. The maximum Gasteiger partial charge on any atom is 0.498 e. The first-order chi connectivity index (χ1) is 10.8. The first kappa shape index (κ1) is 19.2. The van der Waals surface area contributed by atoms with Crippen LogP contribution in [0.25, 0.3) is 0 Å². The SMILES string of the molecule is CC(C)(C)OC(=O)Nc1cncc(Br)c1B1OC(C)(C)C(C)(C)O1. The Morgan fingerprint density at radius 1 is 1.21 bits per heavy atom. The largest absolute Gasteiger partial charge is 0.498 e. The highest BCUT2D eigenvalue weighted by atomic mass is 79.9. The molecule has 1 fully saturated rings. The second kappa shape index (κ2) is 6.31. The topological polar surface area (TPSA) is 69.7 Å². The van der Waals surface area contributed by atoms with E-state index in [9.17, 15) is 4.79 Å². The minimum absolute atomic E-state index is 0.483. The summed E-state index contributed by atoms with van der Waals surface area (Å²) < 4.78 is 18.2. The van der Waals surface area contributed by atoms with Crippen LogP contribution < -0.4 is 10.8 Å². The highest BCUT2D eigenvalue weighted by Crippen LogP contribution is 2.37. The number of pyridine rings is 1. The average molecular weight is 399 g/mol. The van der Waals surface area contributed by atoms with Crippen molar-refractivity contribution < 1.29 is 18.8 Å². The lowest BCUT2D eigenvalue weighted by Crippen LogP contribution is -2.41. The summed E-state index contributed by atoms with van der Waals surface area (Å²) in [6.45, 7) is 13.3. The molecular formula is C16H24BBrN2O4. The van der Waals surface area contributed by atoms with Gasteiger partial charge in [-0.15, -0.1) is 0 Å². The fourth-order valence-corrected chi connectivity index (χ4v) is 2.68. The van der Waals surface area contributed by atoms with E-state index in [1.165, 1.54) is 0 Å². The zero-order valence-electron chi connectivity index (χ0n) is 15.2. The predicted octanol–water partition coefficient (Wildman–Crippen LogP) is 3.49. The van der Waals surface area contributed by atoms with Gasteiger partial charge in [0.15, 0.2) is 0 Å². The summed E-state index contributed by atoms with van der Waals surface area (Å²) in [5, 5.41) is 2.73. The van der Waals surface area contributed by atoms with Gasteiger partial charge in [-0.1, -0.05) is 0 Å². The average Bonchev–Trinajstić information content (AvgIpc) is 2.55. The van der Waals surface area contributed by atoms with Crippen LogP contribution in [0.5, 0.6) is 0 Å². The summed E-state index contributed by atoms with van der Waals surface area (Å²) >= 11 is 3.47. The summed E-state index contributed by atoms with van der Waals surface area (Å²) in [6.07, 6.45) is 2.63. The maximum absolute atomic E-state index is 12.1. The Labute approximate surface area is 151 Å². The monoisotopic (exact) mass is 398 g/mol. The van der Waals surface area contributed by atoms with Gasteiger partial charge in [0.05, 0.1) is 23.1 Å². The number of ether oxygens (including phenoxy) is 1. The molecule has 1 aromatic rings. The van der Waals surface area contributed by atoms with E-state index in [0.29, 0.717) is 15.6 Å². The van der Waals surface area contributed by atoms with Gasteiger partial charge in [-0.2, -0.15) is 0 Å². The fraction of sp³-hybridized carbons (Fsp3) is 0.625. The van der Waals surface area contributed by atoms with Crippen molar-refractivity contribution in [2.45, 2.75) is 65.3 Å². The van der Waals surface area contributed by atoms with E-state index in [-0.39, 0.29) is 0 Å². The van der Waals surface area contributed by atoms with E-state index in [1.807, 2.05) is 27.7 Å². The third kappa shape index (κ3) is 4.10. The molecule has 0 spiro atoms. The number of nitrogens with one attached hydrogen (secondary N) is 1. The molecule has 0 radical (unpaired) electrons. The lowest BCUT2D eigenvalue weighted by molar-refractivity contribution is 0.00578. The quantitative estimate of drug-likeness (QED) is 0.772. The Kier molecular flexibility index (Phi) is 5.05. The van der Waals surface area contributed by atoms with E-state index in [4.69, 9.17) is 14.0 Å². The normalized spacial score (nSPS) is 19.2. The molecule has 132 valence electrons. The van der Waals surface area contributed by atoms with Gasteiger partial charge in [-0.3, -0.25) is 10.3 Å². The van der Waals surface area contributed by atoms with E-state index < -0.39 is 30.0 Å². The molecule has 2 rings (SSSR count). The van der Waals surface area contributed by atoms with Gasteiger partial charge in [0.2, 0.25) is 0 Å². The van der Waals surface area contributed by atoms with Crippen LogP contribution in [-0.4, -0.2) is 35.0 Å². The van der Waals surface area contributed by atoms with Crippen molar-refractivity contribution >= 4 is 40.3 Å². The molecule has 0 aliphatic carbocycles. The number of aromatic nitrogens is 1. The molecule has 0 atom stereocenters. The maximum atomic E-state index is 12.1. The molecule has 6 nitrogen and oxygen atoms in total. The number of anilines is 1. The number of carbonyl (C=O) groups excluding carboxylic acids is 1. The lowest BCUT2D eigenvalue weighted by atomic mass is 9.78. The van der Waals surface area contributed by atoms with Crippen molar-refractivity contribution in [2.24, 2.45) is 0 Å². The van der Waals surface area contributed by atoms with Crippen LogP contribution in [0.2, 0.25) is 0 Å². The first-order valence-electron chi connectivity index (χ1n) is 7.81. The van der Waals surface area contributed by atoms with Gasteiger partial charge < -0.3 is 14.0 Å². The second-order valence-corrected chi connectivity index (χ2v) is 8.65. The molecule has 1 saturated heterocycles. The molecule has 24 heavy (non-hydrogen) atoms. The van der Waals surface area contributed by atoms with Gasteiger partial charge in [0.25, 0.3) is 0 Å². The summed E-state index contributed by atoms with van der Waals surface area (Å²) in [6, 6.07) is 0. The standard InChI is InChI=1S/C16H24BBrN2O4/c1-14(2,3)22-13(21)20-11-9-19-8-10(18)12(11)17-23-15(4,5)16(6,7)24-17/h8-9H,1-7H3,(H,20,21). The predicted molar refractivity (Wildman–Crippen MR) is 97.5 cm³/mol. The summed E-state index contributed by atoms with van der Waals surface area (Å²) in [5.41, 5.74) is -0.395. The summed E-state index contributed by atoms with van der Waals surface area (Å²) in [4.78, 5) is 16.2. The Morgan fingerprint density at radius 3 is 2.25 bits per heavy atom. The second-order valence-electron chi connectivity index (χ2n) is 7.80. The molecule has 1 aliphatic rings. The van der Waals surface area contributed by atoms with E-state index in [1.54, 1.807) is 33.2 Å². The minimum atomic E-state index is -0.627. The molecule has 0 unspecified atom stereocenters. The Hall–Kier alpha value is -1.12. The molecule has 2 heterocycles. The number of hydrogen-bond acceptors (Lipinski definition) is 5. The number of rotatable bonds is 2. The lowest BCUT2D eigenvalue weighted by Gasteiger charge is -2.32. The van der Waals surface area contributed by atoms with Crippen molar-refractivity contribution in [1.29, 1.82) is 0 Å². The zero-order valence-corrected chi connectivity index (χ0v) is 16.8. The third-order valence-electron chi connectivity index (χ3n) is 4.06. The van der Waals surface area contributed by atoms with Gasteiger partial charge in [-0.25, -0.2) is 4.79 Å². The zero-order chi connectivity index (χ0) is 18.3. The van der Waals surface area contributed by atoms with Crippen LogP contribution in [0.1, 0.15) is 48.5 Å². The van der Waals surface area contributed by atoms with E-state index >= 15 is 0 Å². The van der Waals surface area contributed by atoms with Crippen LogP contribution in [-0.2, 0) is 14.0 Å². The highest BCUT2D eigenvalue weighted by molar-refractivity contribution is 9.10. The number of amides is 1. The Balaban J connectivity index is 2.30. The Morgan fingerprint density at radius 2 is 1.75 bits per heavy atom. The molecule has 0 saturated carbocycles. The Bertz CT molecular complexity index is 627. The van der Waals surface area contributed by atoms with Gasteiger partial charge in [-0.05, 0) is 64.4 Å². The van der Waals surface area contributed by atoms with Crippen molar-refractivity contribution in [2.75, 3.05) is 5.32 Å². The number of carbonyl (C=O) groups is 1. The smallest absolute Gasteiger partial charge is 0.444 e. The first-order valence-corrected chi connectivity index (χ1v) is 8.61. The van der Waals surface area contributed by atoms with Crippen molar-refractivity contribution in [3.63, 3.8) is 0 Å². The fourth-order valence-electron chi connectivity index (χ4n) is 2.16. The number of hydrogen-bond donors (Lipinski definition) is 1. The van der Waals surface area contributed by atoms with Crippen LogP contribution in [0.4, 0.5) is 10.5 Å². The number of nitrogens with zero attached hydrogens (tertiary/aromatic N) is 1. The molecule has 1 aliphatic heterocycles. The molecule has 0 aromatic carbocycles. The molecule has 8 heteroatoms. The molecule has 0 bridgehead atoms. The van der Waals surface area contributed by atoms with Gasteiger partial charge >= 0.3 is 13.2 Å². The van der Waals surface area contributed by atoms with Gasteiger partial charge in [0.1, 0.15) is 5.60 Å². The highest BCUT2D eigenvalue weighted by Gasteiger charge is 2.53. The van der Waals surface area contributed by atoms with Crippen LogP contribution in [0.15, 0.2) is 16.9 Å². The number of halogens is 1. The van der Waals surface area contributed by atoms with Crippen LogP contribution in [0.3, 0.4) is 0 Å². The van der Waals surface area contributed by atoms with Crippen LogP contribution in [0, 0.1) is 0 Å². The molecule has 1 amide bonds. The van der Waals surface area contributed by atoms with Crippen molar-refractivity contribution in [1.82, 2.24) is 4.98 Å². The summed E-state index contributed by atoms with van der Waals surface area (Å²) in [5.74, 6) is 0.